The van der Waals surface area contributed by atoms with E-state index >= 15 is 0 Å². The number of aromatic nitrogens is 1. The van der Waals surface area contributed by atoms with Crippen LogP contribution >= 0.6 is 0 Å². The zero-order chi connectivity index (χ0) is 34.0. The van der Waals surface area contributed by atoms with Gasteiger partial charge < -0.3 is 0 Å². The summed E-state index contributed by atoms with van der Waals surface area (Å²) in [6.07, 6.45) is 1.87. The average molecular weight is 632 g/mol. The summed E-state index contributed by atoms with van der Waals surface area (Å²) in [7, 11) is 0. The largest absolute Gasteiger partial charge is 0.248 e. The van der Waals surface area contributed by atoms with E-state index in [0.29, 0.717) is 0 Å². The number of pyridine rings is 1. The molecule has 0 spiro atoms. The molecule has 1 aromatic heterocycles. The lowest BCUT2D eigenvalue weighted by Crippen LogP contribution is -2.10. The molecular weight excluding hydrogens is 591 g/mol. The molecule has 0 saturated heterocycles. The SMILES string of the molecule is C=Cc1ccc(-c2ccc(-c3cc(-c4ccc(-c5ccc(C)cc5)cc4)nc(-c4ccc(-c5ccc(C(C)(C)C)cc5)cc4)c3)cc2)cc1. The first-order chi connectivity index (χ1) is 23.7. The van der Waals surface area contributed by atoms with Crippen LogP contribution in [0.25, 0.3) is 73.1 Å². The van der Waals surface area contributed by atoms with Crippen molar-refractivity contribution in [1.82, 2.24) is 4.98 Å². The standard InChI is InChI=1S/C48H41N/c1-6-34-9-13-36(14-10-34)37-15-17-41(18-16-37)44-31-46(42-23-19-38(20-24-42)35-11-7-33(2)8-12-35)49-47(32-44)43-25-21-39(22-26-43)40-27-29-45(30-28-40)48(3,4)5/h6-32H,1H2,2-5H3. The molecule has 1 nitrogen and oxygen atoms in total. The molecule has 6 aromatic carbocycles. The van der Waals surface area contributed by atoms with Crippen molar-refractivity contribution in [1.29, 1.82) is 0 Å². The minimum absolute atomic E-state index is 0.134. The van der Waals surface area contributed by atoms with Gasteiger partial charge in [0.15, 0.2) is 0 Å². The highest BCUT2D eigenvalue weighted by Gasteiger charge is 2.14. The molecule has 0 amide bonds. The van der Waals surface area contributed by atoms with Gasteiger partial charge in [-0.3, -0.25) is 0 Å². The number of hydrogen-bond donors (Lipinski definition) is 0. The monoisotopic (exact) mass is 631 g/mol. The van der Waals surface area contributed by atoms with Gasteiger partial charge in [0.25, 0.3) is 0 Å². The van der Waals surface area contributed by atoms with Crippen molar-refractivity contribution < 1.29 is 0 Å². The lowest BCUT2D eigenvalue weighted by molar-refractivity contribution is 0.590. The molecule has 49 heavy (non-hydrogen) atoms. The first kappa shape index (κ1) is 31.8. The summed E-state index contributed by atoms with van der Waals surface area (Å²) in [4.78, 5) is 5.23. The van der Waals surface area contributed by atoms with Gasteiger partial charge in [-0.2, -0.15) is 0 Å². The van der Waals surface area contributed by atoms with Crippen LogP contribution in [0.2, 0.25) is 0 Å². The van der Waals surface area contributed by atoms with E-state index in [0.717, 1.165) is 39.2 Å². The summed E-state index contributed by atoms with van der Waals surface area (Å²) < 4.78 is 0. The molecule has 1 heteroatoms. The summed E-state index contributed by atoms with van der Waals surface area (Å²) >= 11 is 0. The Morgan fingerprint density at radius 2 is 0.714 bits per heavy atom. The molecule has 0 aliphatic rings. The predicted molar refractivity (Wildman–Crippen MR) is 210 cm³/mol. The third-order valence-electron chi connectivity index (χ3n) is 9.35. The van der Waals surface area contributed by atoms with Gasteiger partial charge in [-0.1, -0.05) is 185 Å². The van der Waals surface area contributed by atoms with E-state index in [1.165, 1.54) is 44.5 Å². The van der Waals surface area contributed by atoms with E-state index in [1.807, 2.05) is 6.08 Å². The smallest absolute Gasteiger partial charge is 0.0715 e. The van der Waals surface area contributed by atoms with Crippen molar-refractivity contribution >= 4 is 6.08 Å². The molecule has 7 rings (SSSR count). The zero-order valence-electron chi connectivity index (χ0n) is 28.7. The van der Waals surface area contributed by atoms with Crippen molar-refractivity contribution in [2.24, 2.45) is 0 Å². The Balaban J connectivity index is 1.25. The van der Waals surface area contributed by atoms with Crippen LogP contribution in [0.3, 0.4) is 0 Å². The van der Waals surface area contributed by atoms with E-state index in [1.54, 1.807) is 0 Å². The van der Waals surface area contributed by atoms with Crippen LogP contribution in [-0.2, 0) is 5.41 Å². The highest BCUT2D eigenvalue weighted by Crippen LogP contribution is 2.34. The van der Waals surface area contributed by atoms with Gasteiger partial charge in [-0.25, -0.2) is 4.98 Å². The fourth-order valence-corrected chi connectivity index (χ4v) is 6.24. The summed E-state index contributed by atoms with van der Waals surface area (Å²) in [6.45, 7) is 12.8. The second-order valence-corrected chi connectivity index (χ2v) is 13.9. The molecule has 0 N–H and O–H groups in total. The molecule has 0 unspecified atom stereocenters. The van der Waals surface area contributed by atoms with Crippen LogP contribution < -0.4 is 0 Å². The molecule has 0 bridgehead atoms. The van der Waals surface area contributed by atoms with Crippen molar-refractivity contribution in [2.45, 2.75) is 33.1 Å². The van der Waals surface area contributed by atoms with E-state index in [9.17, 15) is 0 Å². The van der Waals surface area contributed by atoms with Crippen LogP contribution in [-0.4, -0.2) is 4.98 Å². The van der Waals surface area contributed by atoms with E-state index in [4.69, 9.17) is 4.98 Å². The number of rotatable bonds is 7. The second-order valence-electron chi connectivity index (χ2n) is 13.9. The van der Waals surface area contributed by atoms with E-state index in [2.05, 4.69) is 192 Å². The molecular formula is C48H41N. The second kappa shape index (κ2) is 13.4. The molecule has 0 fully saturated rings. The molecule has 0 aliphatic heterocycles. The molecule has 238 valence electrons. The highest BCUT2D eigenvalue weighted by atomic mass is 14.7. The van der Waals surface area contributed by atoms with Crippen LogP contribution in [0.5, 0.6) is 0 Å². The molecule has 0 saturated carbocycles. The van der Waals surface area contributed by atoms with Gasteiger partial charge in [0.2, 0.25) is 0 Å². The molecule has 0 radical (unpaired) electrons. The fraction of sp³-hybridized carbons (Fsp3) is 0.104. The number of nitrogens with zero attached hydrogens (tertiary/aromatic N) is 1. The third-order valence-corrected chi connectivity index (χ3v) is 9.35. The maximum Gasteiger partial charge on any atom is 0.0715 e. The molecule has 1 heterocycles. The zero-order valence-corrected chi connectivity index (χ0v) is 28.7. The third kappa shape index (κ3) is 7.08. The average Bonchev–Trinajstić information content (AvgIpc) is 3.15. The molecule has 0 aliphatic carbocycles. The Morgan fingerprint density at radius 1 is 0.408 bits per heavy atom. The summed E-state index contributed by atoms with van der Waals surface area (Å²) in [6, 6.07) is 57.0. The Morgan fingerprint density at radius 3 is 1.08 bits per heavy atom. The summed E-state index contributed by atoms with van der Waals surface area (Å²) in [5.41, 5.74) is 17.4. The van der Waals surface area contributed by atoms with Crippen molar-refractivity contribution in [3.63, 3.8) is 0 Å². The van der Waals surface area contributed by atoms with Gasteiger partial charge in [0.1, 0.15) is 0 Å². The Hall–Kier alpha value is -5.79. The maximum atomic E-state index is 5.23. The summed E-state index contributed by atoms with van der Waals surface area (Å²) in [5.74, 6) is 0. The summed E-state index contributed by atoms with van der Waals surface area (Å²) in [5, 5.41) is 0. The normalized spacial score (nSPS) is 11.3. The maximum absolute atomic E-state index is 5.23. The predicted octanol–water partition coefficient (Wildman–Crippen LogP) is 13.3. The minimum Gasteiger partial charge on any atom is -0.248 e. The Kier molecular flexibility index (Phi) is 8.68. The van der Waals surface area contributed by atoms with Gasteiger partial charge in [-0.15, -0.1) is 0 Å². The van der Waals surface area contributed by atoms with Crippen LogP contribution in [0.15, 0.2) is 164 Å². The van der Waals surface area contributed by atoms with Gasteiger partial charge >= 0.3 is 0 Å². The fourth-order valence-electron chi connectivity index (χ4n) is 6.24. The molecule has 0 atom stereocenters. The molecule has 7 aromatic rings. The lowest BCUT2D eigenvalue weighted by atomic mass is 9.86. The number of hydrogen-bond acceptors (Lipinski definition) is 1. The van der Waals surface area contributed by atoms with E-state index in [-0.39, 0.29) is 5.41 Å². The minimum atomic E-state index is 0.134. The lowest BCUT2D eigenvalue weighted by Gasteiger charge is -2.19. The Bertz CT molecular complexity index is 2200. The number of aryl methyl sites for hydroxylation is 1. The van der Waals surface area contributed by atoms with Crippen molar-refractivity contribution in [2.75, 3.05) is 0 Å². The van der Waals surface area contributed by atoms with Crippen LogP contribution in [0.1, 0.15) is 37.5 Å². The number of benzene rings is 6. The van der Waals surface area contributed by atoms with Gasteiger partial charge in [0.05, 0.1) is 11.4 Å². The van der Waals surface area contributed by atoms with Gasteiger partial charge in [-0.05, 0) is 80.1 Å². The van der Waals surface area contributed by atoms with Crippen molar-refractivity contribution in [3.8, 4) is 67.0 Å². The van der Waals surface area contributed by atoms with Gasteiger partial charge in [0, 0.05) is 11.1 Å². The topological polar surface area (TPSA) is 12.9 Å². The first-order valence-corrected chi connectivity index (χ1v) is 17.0. The van der Waals surface area contributed by atoms with Crippen LogP contribution in [0.4, 0.5) is 0 Å². The van der Waals surface area contributed by atoms with E-state index < -0.39 is 0 Å². The highest BCUT2D eigenvalue weighted by molar-refractivity contribution is 5.80. The first-order valence-electron chi connectivity index (χ1n) is 17.0. The Labute approximate surface area is 291 Å². The quantitative estimate of drug-likeness (QED) is 0.171. The van der Waals surface area contributed by atoms with Crippen LogP contribution in [0, 0.1) is 6.92 Å². The van der Waals surface area contributed by atoms with Crippen molar-refractivity contribution in [3.05, 3.63) is 181 Å².